The molecule has 0 spiro atoms. The summed E-state index contributed by atoms with van der Waals surface area (Å²) in [6.07, 6.45) is 4.19. The summed E-state index contributed by atoms with van der Waals surface area (Å²) in [5.74, 6) is 0.0112. The minimum atomic E-state index is -0.775. The second-order valence-corrected chi connectivity index (χ2v) is 7.90. The molecule has 0 unspecified atom stereocenters. The molecule has 1 aliphatic heterocycles. The number of likely N-dealkylation sites (tertiary alicyclic amines) is 1. The summed E-state index contributed by atoms with van der Waals surface area (Å²) in [7, 11) is 1.62. The van der Waals surface area contributed by atoms with Gasteiger partial charge in [0.05, 0.1) is 18.8 Å². The number of para-hydroxylation sites is 1. The maximum atomic E-state index is 13.7. The second-order valence-electron chi connectivity index (χ2n) is 7.90. The van der Waals surface area contributed by atoms with E-state index in [0.717, 1.165) is 31.2 Å². The van der Waals surface area contributed by atoms with Gasteiger partial charge in [-0.05, 0) is 43.5 Å². The predicted octanol–water partition coefficient (Wildman–Crippen LogP) is 4.34. The van der Waals surface area contributed by atoms with Crippen molar-refractivity contribution in [3.63, 3.8) is 0 Å². The summed E-state index contributed by atoms with van der Waals surface area (Å²) < 4.78 is 19.3. The van der Waals surface area contributed by atoms with Crippen LogP contribution in [0, 0.1) is 11.7 Å². The van der Waals surface area contributed by atoms with Crippen molar-refractivity contribution < 1.29 is 19.0 Å². The fraction of sp³-hybridized carbons (Fsp3) is 0.435. The van der Waals surface area contributed by atoms with Crippen LogP contribution in [0.4, 0.5) is 4.39 Å². The van der Waals surface area contributed by atoms with Crippen LogP contribution in [-0.4, -0.2) is 35.2 Å². The zero-order valence-electron chi connectivity index (χ0n) is 16.1. The Morgan fingerprint density at radius 3 is 2.79 bits per heavy atom. The van der Waals surface area contributed by atoms with E-state index in [1.807, 2.05) is 24.3 Å². The minimum Gasteiger partial charge on any atom is -0.496 e. The van der Waals surface area contributed by atoms with E-state index in [0.29, 0.717) is 24.3 Å². The topological polar surface area (TPSA) is 49.8 Å². The molecule has 28 heavy (non-hydrogen) atoms. The molecule has 0 aromatic heterocycles. The summed E-state index contributed by atoms with van der Waals surface area (Å²) in [6.45, 7) is 0.436. The van der Waals surface area contributed by atoms with Gasteiger partial charge in [0, 0.05) is 23.6 Å². The van der Waals surface area contributed by atoms with Crippen LogP contribution in [-0.2, 0) is 0 Å². The molecule has 1 N–H and O–H groups in total. The van der Waals surface area contributed by atoms with Gasteiger partial charge >= 0.3 is 0 Å². The van der Waals surface area contributed by atoms with E-state index in [9.17, 15) is 14.3 Å². The van der Waals surface area contributed by atoms with Crippen molar-refractivity contribution >= 4 is 5.91 Å². The first-order valence-corrected chi connectivity index (χ1v) is 9.95. The third kappa shape index (κ3) is 3.28. The number of carbonyl (C=O) groups excluding carboxylic acids is 1. The van der Waals surface area contributed by atoms with Gasteiger partial charge in [-0.15, -0.1) is 0 Å². The van der Waals surface area contributed by atoms with Crippen molar-refractivity contribution in [2.24, 2.45) is 5.92 Å². The zero-order valence-corrected chi connectivity index (χ0v) is 16.1. The normalized spacial score (nSPS) is 27.2. The maximum Gasteiger partial charge on any atom is 0.254 e. The molecule has 148 valence electrons. The van der Waals surface area contributed by atoms with Gasteiger partial charge in [-0.3, -0.25) is 4.79 Å². The van der Waals surface area contributed by atoms with E-state index < -0.39 is 11.4 Å². The lowest BCUT2D eigenvalue weighted by molar-refractivity contribution is -0.115. The van der Waals surface area contributed by atoms with Crippen molar-refractivity contribution in [2.75, 3.05) is 13.7 Å². The highest BCUT2D eigenvalue weighted by molar-refractivity contribution is 5.94. The Bertz CT molecular complexity index is 870. The molecule has 4 nitrogen and oxygen atoms in total. The molecule has 0 bridgehead atoms. The number of halogens is 1. The number of benzene rings is 2. The summed E-state index contributed by atoms with van der Waals surface area (Å²) in [5, 5.41) is 11.4. The third-order valence-electron chi connectivity index (χ3n) is 6.36. The number of ether oxygens (including phenoxy) is 1. The average molecular weight is 383 g/mol. The van der Waals surface area contributed by atoms with Crippen LogP contribution >= 0.6 is 0 Å². The van der Waals surface area contributed by atoms with Gasteiger partial charge in [0.25, 0.3) is 5.91 Å². The fourth-order valence-corrected chi connectivity index (χ4v) is 4.99. The third-order valence-corrected chi connectivity index (χ3v) is 6.36. The summed E-state index contributed by atoms with van der Waals surface area (Å²) in [5.41, 5.74) is 0.462. The van der Waals surface area contributed by atoms with Gasteiger partial charge in [-0.1, -0.05) is 37.1 Å². The lowest BCUT2D eigenvalue weighted by Crippen LogP contribution is -2.56. The van der Waals surface area contributed by atoms with Crippen molar-refractivity contribution in [3.8, 4) is 5.75 Å². The van der Waals surface area contributed by atoms with Crippen molar-refractivity contribution in [1.82, 2.24) is 4.90 Å². The molecule has 1 aliphatic carbocycles. The van der Waals surface area contributed by atoms with E-state index in [1.165, 1.54) is 12.1 Å². The first-order valence-electron chi connectivity index (χ1n) is 9.95. The fourth-order valence-electron chi connectivity index (χ4n) is 4.99. The molecule has 5 heteroatoms. The van der Waals surface area contributed by atoms with Crippen LogP contribution < -0.4 is 4.74 Å². The van der Waals surface area contributed by atoms with Crippen LogP contribution in [0.15, 0.2) is 48.5 Å². The van der Waals surface area contributed by atoms with Gasteiger partial charge in [-0.25, -0.2) is 4.39 Å². The van der Waals surface area contributed by atoms with Gasteiger partial charge in [-0.2, -0.15) is 0 Å². The quantitative estimate of drug-likeness (QED) is 0.858. The number of rotatable bonds is 3. The molecule has 1 saturated carbocycles. The van der Waals surface area contributed by atoms with Crippen molar-refractivity contribution in [1.29, 1.82) is 0 Å². The van der Waals surface area contributed by atoms with E-state index in [1.54, 1.807) is 24.1 Å². The molecule has 1 amide bonds. The smallest absolute Gasteiger partial charge is 0.254 e. The molecule has 0 radical (unpaired) electrons. The number of amides is 1. The number of hydrogen-bond acceptors (Lipinski definition) is 3. The predicted molar refractivity (Wildman–Crippen MR) is 105 cm³/mol. The molecule has 2 aliphatic rings. The highest BCUT2D eigenvalue weighted by Gasteiger charge is 2.50. The second kappa shape index (κ2) is 7.55. The number of carbonyl (C=O) groups is 1. The Balaban J connectivity index is 1.79. The minimum absolute atomic E-state index is 0.0659. The number of nitrogens with zero attached hydrogens (tertiary/aromatic N) is 1. The molecule has 2 aromatic rings. The van der Waals surface area contributed by atoms with Crippen LogP contribution in [0.5, 0.6) is 5.75 Å². The van der Waals surface area contributed by atoms with E-state index in [-0.39, 0.29) is 17.9 Å². The summed E-state index contributed by atoms with van der Waals surface area (Å²) >= 11 is 0. The van der Waals surface area contributed by atoms with E-state index in [2.05, 4.69) is 0 Å². The van der Waals surface area contributed by atoms with Gasteiger partial charge in [0.2, 0.25) is 0 Å². The first kappa shape index (κ1) is 18.9. The Morgan fingerprint density at radius 2 is 2.00 bits per heavy atom. The molecule has 2 fully saturated rings. The molecule has 1 heterocycles. The highest BCUT2D eigenvalue weighted by Crippen LogP contribution is 2.51. The van der Waals surface area contributed by atoms with E-state index in [4.69, 9.17) is 4.74 Å². The standard InChI is InChI=1S/C23H26FNO3/c1-28-20-11-3-2-9-18(20)21-19-10-4-5-12-23(19,27)13-14-25(21)22(26)16-7-6-8-17(24)15-16/h2-3,6-9,11,15,19,21,27H,4-5,10,12-14H2,1H3/t19-,21+,23+/m0/s1. The lowest BCUT2D eigenvalue weighted by Gasteiger charge is -2.52. The van der Waals surface area contributed by atoms with Crippen molar-refractivity contribution in [3.05, 3.63) is 65.5 Å². The molecular weight excluding hydrogens is 357 g/mol. The SMILES string of the molecule is COc1ccccc1[C@@H]1[C@@H]2CCCC[C@@]2(O)CCN1C(=O)c1cccc(F)c1. The van der Waals surface area contributed by atoms with E-state index >= 15 is 0 Å². The lowest BCUT2D eigenvalue weighted by atomic mass is 9.66. The number of piperidine rings is 1. The van der Waals surface area contributed by atoms with Gasteiger partial charge in [0.1, 0.15) is 11.6 Å². The van der Waals surface area contributed by atoms with Gasteiger partial charge in [0.15, 0.2) is 0 Å². The highest BCUT2D eigenvalue weighted by atomic mass is 19.1. The molecule has 2 aromatic carbocycles. The Labute approximate surface area is 164 Å². The molecule has 1 saturated heterocycles. The molecule has 4 rings (SSSR count). The van der Waals surface area contributed by atoms with Crippen LogP contribution in [0.3, 0.4) is 0 Å². The summed E-state index contributed by atoms with van der Waals surface area (Å²) in [4.78, 5) is 15.2. The maximum absolute atomic E-state index is 13.7. The van der Waals surface area contributed by atoms with Crippen molar-refractivity contribution in [2.45, 2.75) is 43.7 Å². The monoisotopic (exact) mass is 383 g/mol. The zero-order chi connectivity index (χ0) is 19.7. The van der Waals surface area contributed by atoms with Gasteiger partial charge < -0.3 is 14.7 Å². The largest absolute Gasteiger partial charge is 0.496 e. The Hall–Kier alpha value is -2.40. The Kier molecular flexibility index (Phi) is 5.11. The molecule has 3 atom stereocenters. The van der Waals surface area contributed by atoms with Crippen LogP contribution in [0.2, 0.25) is 0 Å². The number of hydrogen-bond donors (Lipinski definition) is 1. The molecular formula is C23H26FNO3. The summed E-state index contributed by atoms with van der Waals surface area (Å²) in [6, 6.07) is 13.2. The first-order chi connectivity index (χ1) is 13.5. The average Bonchev–Trinajstić information content (AvgIpc) is 2.72. The number of fused-ring (bicyclic) bond motifs is 1. The van der Waals surface area contributed by atoms with Crippen LogP contribution in [0.1, 0.15) is 54.1 Å². The number of methoxy groups -OCH3 is 1. The Morgan fingerprint density at radius 1 is 1.18 bits per heavy atom. The van der Waals surface area contributed by atoms with Crippen LogP contribution in [0.25, 0.3) is 0 Å². The number of aliphatic hydroxyl groups is 1.